The van der Waals surface area contributed by atoms with Gasteiger partial charge in [-0.05, 0) is 24.3 Å². The lowest BCUT2D eigenvalue weighted by atomic mass is 10.3. The van der Waals surface area contributed by atoms with Crippen LogP contribution < -0.4 is 0 Å². The summed E-state index contributed by atoms with van der Waals surface area (Å²) >= 11 is 1.70. The second-order valence-electron chi connectivity index (χ2n) is 3.86. The smallest absolute Gasteiger partial charge is 0.114 e. The van der Waals surface area contributed by atoms with Crippen molar-refractivity contribution in [1.82, 2.24) is 9.55 Å². The number of aliphatic hydroxyl groups excluding tert-OH is 1. The minimum absolute atomic E-state index is 0.0674. The average molecular weight is 244 g/mol. The van der Waals surface area contributed by atoms with Crippen molar-refractivity contribution in [3.05, 3.63) is 53.3 Å². The number of nitrogens with zero attached hydrogens (tertiary/aromatic N) is 2. The molecule has 3 aromatic rings. The molecule has 86 valence electrons. The summed E-state index contributed by atoms with van der Waals surface area (Å²) in [6, 6.07) is 12.0. The molecular formula is C13H12N2OS. The first-order chi connectivity index (χ1) is 8.36. The lowest BCUT2D eigenvalue weighted by molar-refractivity contribution is 0.271. The van der Waals surface area contributed by atoms with Gasteiger partial charge in [0.05, 0.1) is 23.4 Å². The van der Waals surface area contributed by atoms with Crippen LogP contribution in [0.3, 0.4) is 0 Å². The third-order valence-corrected chi connectivity index (χ3v) is 3.75. The Bertz CT molecular complexity index is 608. The standard InChI is InChI=1S/C13H12N2OS/c16-9-10-4-3-7-15(10)8-13-14-11-5-1-2-6-12(11)17-13/h1-7,16H,8-9H2. The van der Waals surface area contributed by atoms with Gasteiger partial charge in [0.2, 0.25) is 0 Å². The van der Waals surface area contributed by atoms with Gasteiger partial charge in [-0.1, -0.05) is 12.1 Å². The van der Waals surface area contributed by atoms with Crippen molar-refractivity contribution in [2.75, 3.05) is 0 Å². The fourth-order valence-electron chi connectivity index (χ4n) is 1.88. The first kappa shape index (κ1) is 10.5. The van der Waals surface area contributed by atoms with E-state index in [0.717, 1.165) is 22.8 Å². The molecule has 0 fully saturated rings. The molecule has 4 heteroatoms. The van der Waals surface area contributed by atoms with Gasteiger partial charge < -0.3 is 9.67 Å². The Morgan fingerprint density at radius 1 is 1.18 bits per heavy atom. The summed E-state index contributed by atoms with van der Waals surface area (Å²) < 4.78 is 3.23. The van der Waals surface area contributed by atoms with Crippen molar-refractivity contribution in [2.45, 2.75) is 13.2 Å². The zero-order valence-corrected chi connectivity index (χ0v) is 10.0. The maximum atomic E-state index is 9.19. The van der Waals surface area contributed by atoms with Crippen molar-refractivity contribution in [3.63, 3.8) is 0 Å². The molecule has 3 rings (SSSR count). The number of para-hydroxylation sites is 1. The van der Waals surface area contributed by atoms with Gasteiger partial charge in [-0.15, -0.1) is 11.3 Å². The van der Waals surface area contributed by atoms with Gasteiger partial charge >= 0.3 is 0 Å². The van der Waals surface area contributed by atoms with Crippen molar-refractivity contribution in [3.8, 4) is 0 Å². The number of rotatable bonds is 3. The van der Waals surface area contributed by atoms with Crippen LogP contribution in [0.5, 0.6) is 0 Å². The molecule has 0 aliphatic rings. The summed E-state index contributed by atoms with van der Waals surface area (Å²) in [5.74, 6) is 0. The number of hydrogen-bond donors (Lipinski definition) is 1. The summed E-state index contributed by atoms with van der Waals surface area (Å²) in [6.45, 7) is 0.792. The number of fused-ring (bicyclic) bond motifs is 1. The van der Waals surface area contributed by atoms with Gasteiger partial charge in [-0.25, -0.2) is 4.98 Å². The zero-order valence-electron chi connectivity index (χ0n) is 9.21. The maximum Gasteiger partial charge on any atom is 0.114 e. The van der Waals surface area contributed by atoms with E-state index in [4.69, 9.17) is 0 Å². The van der Waals surface area contributed by atoms with Gasteiger partial charge in [-0.2, -0.15) is 0 Å². The molecule has 0 amide bonds. The van der Waals surface area contributed by atoms with E-state index in [2.05, 4.69) is 11.1 Å². The molecule has 2 heterocycles. The lowest BCUT2D eigenvalue weighted by Gasteiger charge is -2.03. The molecule has 0 unspecified atom stereocenters. The summed E-state index contributed by atoms with van der Waals surface area (Å²) in [5.41, 5.74) is 1.97. The molecule has 0 aliphatic heterocycles. The van der Waals surface area contributed by atoms with Crippen molar-refractivity contribution in [1.29, 1.82) is 0 Å². The molecule has 3 nitrogen and oxygen atoms in total. The first-order valence-electron chi connectivity index (χ1n) is 5.46. The molecule has 0 spiro atoms. The second kappa shape index (κ2) is 4.31. The van der Waals surface area contributed by atoms with Crippen LogP contribution in [-0.4, -0.2) is 14.7 Å². The van der Waals surface area contributed by atoms with Crippen LogP contribution in [0.2, 0.25) is 0 Å². The van der Waals surface area contributed by atoms with Gasteiger partial charge in [0, 0.05) is 11.9 Å². The maximum absolute atomic E-state index is 9.19. The third kappa shape index (κ3) is 1.97. The van der Waals surface area contributed by atoms with Crippen LogP contribution >= 0.6 is 11.3 Å². The second-order valence-corrected chi connectivity index (χ2v) is 4.98. The molecule has 0 atom stereocenters. The Morgan fingerprint density at radius 3 is 2.88 bits per heavy atom. The highest BCUT2D eigenvalue weighted by Gasteiger charge is 2.05. The highest BCUT2D eigenvalue weighted by atomic mass is 32.1. The largest absolute Gasteiger partial charge is 0.390 e. The summed E-state index contributed by atoms with van der Waals surface area (Å²) in [4.78, 5) is 4.58. The van der Waals surface area contributed by atoms with Gasteiger partial charge in [0.15, 0.2) is 0 Å². The predicted molar refractivity (Wildman–Crippen MR) is 69.1 cm³/mol. The SMILES string of the molecule is OCc1cccn1Cc1nc2ccccc2s1. The lowest BCUT2D eigenvalue weighted by Crippen LogP contribution is -2.02. The molecule has 1 aromatic carbocycles. The highest BCUT2D eigenvalue weighted by molar-refractivity contribution is 7.18. The fourth-order valence-corrected chi connectivity index (χ4v) is 2.85. The van der Waals surface area contributed by atoms with Crippen molar-refractivity contribution in [2.24, 2.45) is 0 Å². The van der Waals surface area contributed by atoms with Crippen molar-refractivity contribution < 1.29 is 5.11 Å². The number of aliphatic hydroxyl groups is 1. The Morgan fingerprint density at radius 2 is 2.06 bits per heavy atom. The Kier molecular flexibility index (Phi) is 2.66. The summed E-state index contributed by atoms with van der Waals surface area (Å²) in [5, 5.41) is 10.3. The van der Waals surface area contributed by atoms with Crippen LogP contribution in [0.4, 0.5) is 0 Å². The average Bonchev–Trinajstić information content (AvgIpc) is 2.94. The molecule has 0 saturated heterocycles. The molecule has 0 bridgehead atoms. The van der Waals surface area contributed by atoms with E-state index >= 15 is 0 Å². The number of aromatic nitrogens is 2. The van der Waals surface area contributed by atoms with E-state index in [1.807, 2.05) is 41.1 Å². The summed E-state index contributed by atoms with van der Waals surface area (Å²) in [7, 11) is 0. The molecule has 0 saturated carbocycles. The van der Waals surface area contributed by atoms with E-state index in [1.165, 1.54) is 4.70 Å². The van der Waals surface area contributed by atoms with Gasteiger partial charge in [0.1, 0.15) is 5.01 Å². The topological polar surface area (TPSA) is 38.0 Å². The zero-order chi connectivity index (χ0) is 11.7. The van der Waals surface area contributed by atoms with E-state index < -0.39 is 0 Å². The number of benzene rings is 1. The Labute approximate surface area is 103 Å². The quantitative estimate of drug-likeness (QED) is 0.769. The molecule has 17 heavy (non-hydrogen) atoms. The van der Waals surface area contributed by atoms with E-state index in [1.54, 1.807) is 11.3 Å². The highest BCUT2D eigenvalue weighted by Crippen LogP contribution is 2.22. The molecular weight excluding hydrogens is 232 g/mol. The monoisotopic (exact) mass is 244 g/mol. The Hall–Kier alpha value is -1.65. The van der Waals surface area contributed by atoms with Gasteiger partial charge in [-0.3, -0.25) is 0 Å². The molecule has 0 aliphatic carbocycles. The van der Waals surface area contributed by atoms with Crippen molar-refractivity contribution >= 4 is 21.6 Å². The number of hydrogen-bond acceptors (Lipinski definition) is 3. The Balaban J connectivity index is 1.94. The fraction of sp³-hybridized carbons (Fsp3) is 0.154. The van der Waals surface area contributed by atoms with E-state index in [9.17, 15) is 5.11 Å². The number of thiazole rings is 1. The first-order valence-corrected chi connectivity index (χ1v) is 6.28. The molecule has 0 radical (unpaired) electrons. The molecule has 2 aromatic heterocycles. The van der Waals surface area contributed by atoms with Crippen LogP contribution in [-0.2, 0) is 13.2 Å². The van der Waals surface area contributed by atoms with Gasteiger partial charge in [0.25, 0.3) is 0 Å². The molecule has 1 N–H and O–H groups in total. The normalized spacial score (nSPS) is 11.1. The van der Waals surface area contributed by atoms with Crippen LogP contribution in [0.25, 0.3) is 10.2 Å². The van der Waals surface area contributed by atoms with Crippen LogP contribution in [0.15, 0.2) is 42.6 Å². The summed E-state index contributed by atoms with van der Waals surface area (Å²) in [6.07, 6.45) is 1.97. The van der Waals surface area contributed by atoms with E-state index in [0.29, 0.717) is 0 Å². The minimum atomic E-state index is 0.0674. The minimum Gasteiger partial charge on any atom is -0.390 e. The van der Waals surface area contributed by atoms with Crippen LogP contribution in [0, 0.1) is 0 Å². The van der Waals surface area contributed by atoms with E-state index in [-0.39, 0.29) is 6.61 Å². The predicted octanol–water partition coefficient (Wildman–Crippen LogP) is 2.64. The third-order valence-electron chi connectivity index (χ3n) is 2.73. The van der Waals surface area contributed by atoms with Crippen LogP contribution in [0.1, 0.15) is 10.7 Å².